The van der Waals surface area contributed by atoms with E-state index < -0.39 is 13.9 Å². The zero-order chi connectivity index (χ0) is 38.4. The first-order valence-electron chi connectivity index (χ1n) is 20.9. The number of hydrogen-bond acceptors (Lipinski definition) is 6. The summed E-state index contributed by atoms with van der Waals surface area (Å²) in [5, 5.41) is 0. The van der Waals surface area contributed by atoms with Crippen LogP contribution < -0.4 is 0 Å². The number of likely N-dealkylation sites (N-methyl/N-ethyl adjacent to an activating group) is 1. The Balaban J connectivity index is 4.28. The number of unbranched alkanes of at least 4 members (excludes halogenated alkanes) is 16. The predicted molar refractivity (Wildman–Crippen MR) is 219 cm³/mol. The van der Waals surface area contributed by atoms with Gasteiger partial charge in [0, 0.05) is 13.0 Å². The molecule has 0 radical (unpaired) electrons. The number of carbonyl (C=O) groups is 1. The fraction of sp³-hybridized carbons (Fsp3) is 0.791. The van der Waals surface area contributed by atoms with E-state index in [4.69, 9.17) is 18.5 Å². The molecule has 0 fully saturated rings. The molecule has 2 atom stereocenters. The van der Waals surface area contributed by atoms with Gasteiger partial charge in [-0.25, -0.2) is 4.57 Å². The van der Waals surface area contributed by atoms with Gasteiger partial charge in [-0.05, 0) is 70.6 Å². The quantitative estimate of drug-likeness (QED) is 0.0221. The third-order valence-electron chi connectivity index (χ3n) is 8.62. The lowest BCUT2D eigenvalue weighted by molar-refractivity contribution is -0.870. The molecular formula is C43H81NO7P+. The third-order valence-corrected chi connectivity index (χ3v) is 9.61. The van der Waals surface area contributed by atoms with Crippen molar-refractivity contribution >= 4 is 13.8 Å². The average molecular weight is 755 g/mol. The Hall–Kier alpha value is -1.54. The van der Waals surface area contributed by atoms with Crippen molar-refractivity contribution in [3.05, 3.63) is 48.6 Å². The van der Waals surface area contributed by atoms with E-state index in [1.807, 2.05) is 21.1 Å². The van der Waals surface area contributed by atoms with Crippen LogP contribution in [-0.4, -0.2) is 75.6 Å². The van der Waals surface area contributed by atoms with Gasteiger partial charge in [-0.2, -0.15) is 0 Å². The van der Waals surface area contributed by atoms with Crippen LogP contribution in [0.4, 0.5) is 0 Å². The van der Waals surface area contributed by atoms with Gasteiger partial charge in [0.1, 0.15) is 19.3 Å². The lowest BCUT2D eigenvalue weighted by Gasteiger charge is -2.24. The first kappa shape index (κ1) is 50.5. The number of quaternary nitrogens is 1. The van der Waals surface area contributed by atoms with Gasteiger partial charge in [-0.3, -0.25) is 13.8 Å². The SMILES string of the molecule is CC/C=C\C/C=C\C/C=C\CCCCCCCCCC(=O)OC(COCCCCCCCC/C=C\CCCCC)COP(=O)(O)OCC[N+](C)(C)C. The van der Waals surface area contributed by atoms with Crippen LogP contribution >= 0.6 is 7.82 Å². The van der Waals surface area contributed by atoms with Crippen LogP contribution in [0.25, 0.3) is 0 Å². The number of ether oxygens (including phenoxy) is 2. The van der Waals surface area contributed by atoms with Crippen molar-refractivity contribution in [3.63, 3.8) is 0 Å². The van der Waals surface area contributed by atoms with Crippen molar-refractivity contribution in [1.29, 1.82) is 0 Å². The third kappa shape index (κ3) is 39.7. The van der Waals surface area contributed by atoms with Crippen LogP contribution in [0.1, 0.15) is 162 Å². The summed E-state index contributed by atoms with van der Waals surface area (Å²) in [6.45, 7) is 5.46. The molecule has 0 bridgehead atoms. The van der Waals surface area contributed by atoms with Crippen LogP contribution in [0, 0.1) is 0 Å². The molecule has 304 valence electrons. The van der Waals surface area contributed by atoms with Crippen LogP contribution in [0.15, 0.2) is 48.6 Å². The largest absolute Gasteiger partial charge is 0.472 e. The average Bonchev–Trinajstić information content (AvgIpc) is 3.09. The fourth-order valence-corrected chi connectivity index (χ4v) is 6.13. The van der Waals surface area contributed by atoms with E-state index >= 15 is 0 Å². The predicted octanol–water partition coefficient (Wildman–Crippen LogP) is 12.0. The van der Waals surface area contributed by atoms with Gasteiger partial charge in [-0.1, -0.05) is 133 Å². The van der Waals surface area contributed by atoms with E-state index in [1.165, 1.54) is 83.5 Å². The van der Waals surface area contributed by atoms with Gasteiger partial charge in [0.15, 0.2) is 0 Å². The van der Waals surface area contributed by atoms with Crippen molar-refractivity contribution in [1.82, 2.24) is 0 Å². The molecule has 52 heavy (non-hydrogen) atoms. The molecule has 0 rings (SSSR count). The Labute approximate surface area is 320 Å². The number of esters is 1. The Morgan fingerprint density at radius 1 is 0.615 bits per heavy atom. The number of phosphoric acid groups is 1. The van der Waals surface area contributed by atoms with E-state index in [0.29, 0.717) is 24.1 Å². The maximum Gasteiger partial charge on any atom is 0.472 e. The highest BCUT2D eigenvalue weighted by molar-refractivity contribution is 7.47. The molecule has 0 aliphatic rings. The lowest BCUT2D eigenvalue weighted by atomic mass is 10.1. The van der Waals surface area contributed by atoms with Gasteiger partial charge in [-0.15, -0.1) is 0 Å². The highest BCUT2D eigenvalue weighted by atomic mass is 31.2. The van der Waals surface area contributed by atoms with E-state index in [1.54, 1.807) is 0 Å². The molecule has 2 unspecified atom stereocenters. The summed E-state index contributed by atoms with van der Waals surface area (Å²) in [7, 11) is 1.65. The normalized spacial score (nSPS) is 14.3. The van der Waals surface area contributed by atoms with E-state index in [-0.39, 0.29) is 25.8 Å². The minimum absolute atomic E-state index is 0.0838. The number of hydrogen-bond donors (Lipinski definition) is 1. The summed E-state index contributed by atoms with van der Waals surface area (Å²) < 4.78 is 34.9. The summed E-state index contributed by atoms with van der Waals surface area (Å²) in [4.78, 5) is 22.8. The zero-order valence-corrected chi connectivity index (χ0v) is 35.2. The molecule has 0 saturated heterocycles. The molecule has 0 aromatic carbocycles. The van der Waals surface area contributed by atoms with Crippen molar-refractivity contribution in [2.45, 2.75) is 168 Å². The maximum absolute atomic E-state index is 12.7. The van der Waals surface area contributed by atoms with Crippen LogP contribution in [-0.2, 0) is 27.9 Å². The van der Waals surface area contributed by atoms with Gasteiger partial charge >= 0.3 is 13.8 Å². The van der Waals surface area contributed by atoms with Crippen molar-refractivity contribution in [2.24, 2.45) is 0 Å². The Bertz CT molecular complexity index is 973. The number of phosphoric ester groups is 1. The summed E-state index contributed by atoms with van der Waals surface area (Å²) >= 11 is 0. The molecule has 0 amide bonds. The minimum Gasteiger partial charge on any atom is -0.457 e. The number of carbonyl (C=O) groups excluding carboxylic acids is 1. The molecule has 8 nitrogen and oxygen atoms in total. The second kappa shape index (κ2) is 36.4. The zero-order valence-electron chi connectivity index (χ0n) is 34.3. The highest BCUT2D eigenvalue weighted by Crippen LogP contribution is 2.43. The first-order chi connectivity index (χ1) is 25.1. The molecular weight excluding hydrogens is 673 g/mol. The summed E-state index contributed by atoms with van der Waals surface area (Å²) in [6.07, 6.45) is 42.8. The van der Waals surface area contributed by atoms with E-state index in [0.717, 1.165) is 57.8 Å². The fourth-order valence-electron chi connectivity index (χ4n) is 5.38. The molecule has 9 heteroatoms. The topological polar surface area (TPSA) is 91.3 Å². The Morgan fingerprint density at radius 3 is 1.69 bits per heavy atom. The highest BCUT2D eigenvalue weighted by Gasteiger charge is 2.26. The number of nitrogens with zero attached hydrogens (tertiary/aromatic N) is 1. The molecule has 0 aromatic heterocycles. The van der Waals surface area contributed by atoms with E-state index in [9.17, 15) is 14.3 Å². The van der Waals surface area contributed by atoms with Crippen LogP contribution in [0.3, 0.4) is 0 Å². The number of allylic oxidation sites excluding steroid dienone is 8. The second-order valence-corrected chi connectivity index (χ2v) is 16.4. The Morgan fingerprint density at radius 2 is 1.12 bits per heavy atom. The smallest absolute Gasteiger partial charge is 0.457 e. The molecule has 0 spiro atoms. The number of rotatable bonds is 38. The van der Waals surface area contributed by atoms with Crippen LogP contribution in [0.2, 0.25) is 0 Å². The van der Waals surface area contributed by atoms with Crippen molar-refractivity contribution < 1.29 is 37.3 Å². The molecule has 1 N–H and O–H groups in total. The molecule has 0 aliphatic carbocycles. The molecule has 0 heterocycles. The van der Waals surface area contributed by atoms with Crippen LogP contribution in [0.5, 0.6) is 0 Å². The summed E-state index contributed by atoms with van der Waals surface area (Å²) in [6, 6.07) is 0. The molecule has 0 aromatic rings. The lowest BCUT2D eigenvalue weighted by Crippen LogP contribution is -2.37. The summed E-state index contributed by atoms with van der Waals surface area (Å²) in [5.74, 6) is -0.328. The maximum atomic E-state index is 12.7. The second-order valence-electron chi connectivity index (χ2n) is 15.0. The monoisotopic (exact) mass is 755 g/mol. The Kier molecular flexibility index (Phi) is 35.4. The van der Waals surface area contributed by atoms with E-state index in [2.05, 4.69) is 62.5 Å². The molecule has 0 saturated carbocycles. The summed E-state index contributed by atoms with van der Waals surface area (Å²) in [5.41, 5.74) is 0. The van der Waals surface area contributed by atoms with Crippen molar-refractivity contribution in [3.8, 4) is 0 Å². The van der Waals surface area contributed by atoms with Gasteiger partial charge in [0.25, 0.3) is 0 Å². The van der Waals surface area contributed by atoms with Gasteiger partial charge in [0.05, 0.1) is 34.4 Å². The van der Waals surface area contributed by atoms with Gasteiger partial charge < -0.3 is 18.9 Å². The minimum atomic E-state index is -4.28. The first-order valence-corrected chi connectivity index (χ1v) is 22.4. The van der Waals surface area contributed by atoms with Gasteiger partial charge in [0.2, 0.25) is 0 Å². The standard InChI is InChI=1S/C43H80NO7P/c1-6-8-10-12-14-16-18-20-21-22-23-24-26-28-30-32-34-36-43(45)51-42(41-50-52(46,47)49-39-37-44(3,4)5)40-48-38-35-33-31-29-27-25-19-17-15-13-11-9-7-2/h8,10,14-17,20-21,42H,6-7,9,11-13,18-19,22-41H2,1-5H3/p+1/b10-8-,16-14-,17-15-,21-20-. The molecule has 0 aliphatic heterocycles. The van der Waals surface area contributed by atoms with Crippen molar-refractivity contribution in [2.75, 3.05) is 54.1 Å².